The Hall–Kier alpha value is -1.42. The van der Waals surface area contributed by atoms with Crippen molar-refractivity contribution in [2.75, 3.05) is 13.8 Å². The van der Waals surface area contributed by atoms with E-state index in [4.69, 9.17) is 9.47 Å². The number of rotatable bonds is 2. The minimum atomic E-state index is 0.234. The van der Waals surface area contributed by atoms with Gasteiger partial charge >= 0.3 is 0 Å². The zero-order chi connectivity index (χ0) is 9.26. The molecule has 13 heavy (non-hydrogen) atoms. The van der Waals surface area contributed by atoms with Crippen molar-refractivity contribution in [3.63, 3.8) is 0 Å². The third-order valence-corrected chi connectivity index (χ3v) is 1.94. The van der Waals surface area contributed by atoms with Crippen LogP contribution in [0.2, 0.25) is 0 Å². The molecule has 70 valence electrons. The van der Waals surface area contributed by atoms with Crippen LogP contribution in [0.15, 0.2) is 12.1 Å². The Morgan fingerprint density at radius 3 is 2.77 bits per heavy atom. The molecule has 0 aliphatic carbocycles. The average molecular weight is 181 g/mol. The zero-order valence-electron chi connectivity index (χ0n) is 7.33. The van der Waals surface area contributed by atoms with Gasteiger partial charge in [-0.05, 0) is 13.1 Å². The summed E-state index contributed by atoms with van der Waals surface area (Å²) in [6.45, 7) is 0.847. The number of aromatic hydroxyl groups is 1. The van der Waals surface area contributed by atoms with Gasteiger partial charge in [-0.2, -0.15) is 0 Å². The molecule has 0 amide bonds. The molecule has 1 aromatic carbocycles. The number of phenolic OH excluding ortho intramolecular Hbond substituents is 1. The molecule has 2 N–H and O–H groups in total. The van der Waals surface area contributed by atoms with Crippen LogP contribution in [0.3, 0.4) is 0 Å². The number of nitrogens with one attached hydrogen (secondary N) is 1. The SMILES string of the molecule is CNCc1cc2c(cc1O)OCO2. The Morgan fingerprint density at radius 2 is 2.08 bits per heavy atom. The first-order valence-electron chi connectivity index (χ1n) is 4.07. The second-order valence-electron chi connectivity index (χ2n) is 2.86. The average Bonchev–Trinajstić information content (AvgIpc) is 2.52. The van der Waals surface area contributed by atoms with E-state index in [0.717, 1.165) is 5.56 Å². The maximum absolute atomic E-state index is 9.53. The summed E-state index contributed by atoms with van der Waals surface area (Å²) in [6, 6.07) is 3.36. The van der Waals surface area contributed by atoms with E-state index in [2.05, 4.69) is 5.32 Å². The number of hydrogen-bond acceptors (Lipinski definition) is 4. The lowest BCUT2D eigenvalue weighted by Crippen LogP contribution is -2.04. The molecule has 0 spiro atoms. The molecule has 1 aliphatic rings. The van der Waals surface area contributed by atoms with Gasteiger partial charge in [0.05, 0.1) is 0 Å². The highest BCUT2D eigenvalue weighted by atomic mass is 16.7. The normalized spacial score (nSPS) is 13.3. The summed E-state index contributed by atoms with van der Waals surface area (Å²) < 4.78 is 10.3. The van der Waals surface area contributed by atoms with Crippen LogP contribution in [-0.2, 0) is 6.54 Å². The summed E-state index contributed by atoms with van der Waals surface area (Å²) in [5.41, 5.74) is 0.812. The van der Waals surface area contributed by atoms with Crippen molar-refractivity contribution < 1.29 is 14.6 Å². The van der Waals surface area contributed by atoms with Gasteiger partial charge in [0.1, 0.15) is 5.75 Å². The monoisotopic (exact) mass is 181 g/mol. The lowest BCUT2D eigenvalue weighted by Gasteiger charge is -2.04. The first kappa shape index (κ1) is 8.19. The second kappa shape index (κ2) is 3.14. The van der Waals surface area contributed by atoms with Crippen molar-refractivity contribution >= 4 is 0 Å². The summed E-state index contributed by atoms with van der Waals surface area (Å²) in [4.78, 5) is 0. The maximum atomic E-state index is 9.53. The number of fused-ring (bicyclic) bond motifs is 1. The summed E-state index contributed by atoms with van der Waals surface area (Å²) >= 11 is 0. The van der Waals surface area contributed by atoms with Crippen LogP contribution in [0.1, 0.15) is 5.56 Å². The fraction of sp³-hybridized carbons (Fsp3) is 0.333. The van der Waals surface area contributed by atoms with Crippen LogP contribution in [0.25, 0.3) is 0 Å². The first-order chi connectivity index (χ1) is 6.31. The van der Waals surface area contributed by atoms with E-state index in [1.165, 1.54) is 0 Å². The van der Waals surface area contributed by atoms with E-state index >= 15 is 0 Å². The molecule has 0 saturated heterocycles. The molecule has 0 atom stereocenters. The smallest absolute Gasteiger partial charge is 0.231 e. The molecule has 0 fully saturated rings. The van der Waals surface area contributed by atoms with Gasteiger partial charge in [-0.3, -0.25) is 0 Å². The van der Waals surface area contributed by atoms with Crippen LogP contribution in [-0.4, -0.2) is 18.9 Å². The largest absolute Gasteiger partial charge is 0.507 e. The predicted molar refractivity (Wildman–Crippen MR) is 47.0 cm³/mol. The third kappa shape index (κ3) is 1.40. The van der Waals surface area contributed by atoms with E-state index in [9.17, 15) is 5.11 Å². The predicted octanol–water partition coefficient (Wildman–Crippen LogP) is 0.840. The Labute approximate surface area is 76.1 Å². The molecule has 0 unspecified atom stereocenters. The van der Waals surface area contributed by atoms with E-state index < -0.39 is 0 Å². The number of phenols is 1. The van der Waals surface area contributed by atoms with Crippen LogP contribution in [0.5, 0.6) is 17.2 Å². The molecule has 4 nitrogen and oxygen atoms in total. The third-order valence-electron chi connectivity index (χ3n) is 1.94. The molecule has 1 aromatic rings. The topological polar surface area (TPSA) is 50.7 Å². The number of benzene rings is 1. The highest BCUT2D eigenvalue weighted by Gasteiger charge is 2.16. The quantitative estimate of drug-likeness (QED) is 0.709. The molecule has 0 bridgehead atoms. The lowest BCUT2D eigenvalue weighted by atomic mass is 10.2. The van der Waals surface area contributed by atoms with Gasteiger partial charge in [0.2, 0.25) is 6.79 Å². The number of hydrogen-bond donors (Lipinski definition) is 2. The van der Waals surface area contributed by atoms with Gasteiger partial charge < -0.3 is 19.9 Å². The van der Waals surface area contributed by atoms with Gasteiger partial charge in [0.15, 0.2) is 11.5 Å². The van der Waals surface area contributed by atoms with Gasteiger partial charge in [0, 0.05) is 18.2 Å². The fourth-order valence-corrected chi connectivity index (χ4v) is 1.31. The molecule has 0 aromatic heterocycles. The molecule has 0 saturated carbocycles. The van der Waals surface area contributed by atoms with E-state index in [0.29, 0.717) is 18.0 Å². The van der Waals surface area contributed by atoms with Gasteiger partial charge in [-0.25, -0.2) is 0 Å². The summed E-state index contributed by atoms with van der Waals surface area (Å²) in [6.07, 6.45) is 0. The van der Waals surface area contributed by atoms with Crippen molar-refractivity contribution in [1.82, 2.24) is 5.32 Å². The fourth-order valence-electron chi connectivity index (χ4n) is 1.31. The second-order valence-corrected chi connectivity index (χ2v) is 2.86. The summed E-state index contributed by atoms with van der Waals surface area (Å²) in [5.74, 6) is 1.54. The highest BCUT2D eigenvalue weighted by Crippen LogP contribution is 2.37. The molecule has 0 radical (unpaired) electrons. The maximum Gasteiger partial charge on any atom is 0.231 e. The van der Waals surface area contributed by atoms with Gasteiger partial charge in [0.25, 0.3) is 0 Å². The van der Waals surface area contributed by atoms with Crippen LogP contribution in [0, 0.1) is 0 Å². The minimum Gasteiger partial charge on any atom is -0.507 e. The molecule has 4 heteroatoms. The minimum absolute atomic E-state index is 0.234. The zero-order valence-corrected chi connectivity index (χ0v) is 7.33. The Bertz CT molecular complexity index is 325. The summed E-state index contributed by atoms with van der Waals surface area (Å²) in [7, 11) is 1.82. The van der Waals surface area contributed by atoms with Crippen LogP contribution in [0.4, 0.5) is 0 Å². The highest BCUT2D eigenvalue weighted by molar-refractivity contribution is 5.51. The van der Waals surface area contributed by atoms with Crippen molar-refractivity contribution in [3.05, 3.63) is 17.7 Å². The summed E-state index contributed by atoms with van der Waals surface area (Å²) in [5, 5.41) is 12.5. The first-order valence-corrected chi connectivity index (χ1v) is 4.07. The van der Waals surface area contributed by atoms with Crippen molar-refractivity contribution in [2.45, 2.75) is 6.54 Å². The standard InChI is InChI=1S/C9H11NO3/c1-10-4-6-2-8-9(3-7(6)11)13-5-12-8/h2-3,10-11H,4-5H2,1H3. The van der Waals surface area contributed by atoms with Crippen molar-refractivity contribution in [3.8, 4) is 17.2 Å². The Morgan fingerprint density at radius 1 is 1.38 bits per heavy atom. The van der Waals surface area contributed by atoms with Crippen molar-refractivity contribution in [1.29, 1.82) is 0 Å². The molecular formula is C9H11NO3. The number of ether oxygens (including phenoxy) is 2. The molecule has 1 heterocycles. The lowest BCUT2D eigenvalue weighted by molar-refractivity contribution is 0.174. The van der Waals surface area contributed by atoms with Gasteiger partial charge in [-0.15, -0.1) is 0 Å². The Kier molecular flexibility index (Phi) is 1.98. The van der Waals surface area contributed by atoms with E-state index in [1.807, 2.05) is 7.05 Å². The molecule has 2 rings (SSSR count). The van der Waals surface area contributed by atoms with E-state index in [1.54, 1.807) is 12.1 Å². The van der Waals surface area contributed by atoms with Crippen LogP contribution >= 0.6 is 0 Å². The molecule has 1 aliphatic heterocycles. The Balaban J connectivity index is 2.37. The van der Waals surface area contributed by atoms with Gasteiger partial charge in [-0.1, -0.05) is 0 Å². The van der Waals surface area contributed by atoms with E-state index in [-0.39, 0.29) is 12.5 Å². The van der Waals surface area contributed by atoms with Crippen molar-refractivity contribution in [2.24, 2.45) is 0 Å². The van der Waals surface area contributed by atoms with Crippen LogP contribution < -0.4 is 14.8 Å². The molecular weight excluding hydrogens is 170 g/mol.